The largest absolute Gasteiger partial charge is 0.457 e. The number of benzene rings is 11. The molecule has 1 aromatic heterocycles. The Morgan fingerprint density at radius 1 is 0.319 bits per heavy atom. The van der Waals surface area contributed by atoms with Crippen molar-refractivity contribution in [2.45, 2.75) is 20.6 Å². The van der Waals surface area contributed by atoms with E-state index >= 15 is 0 Å². The second kappa shape index (κ2) is 15.1. The van der Waals surface area contributed by atoms with Gasteiger partial charge in [-0.15, -0.1) is 11.3 Å². The number of ether oxygens (including phenoxy) is 1. The van der Waals surface area contributed by atoms with Crippen LogP contribution in [0.5, 0.6) is 11.5 Å². The quantitative estimate of drug-likeness (QED) is 0.174. The third-order valence-corrected chi connectivity index (χ3v) is 18.4. The van der Waals surface area contributed by atoms with Crippen molar-refractivity contribution in [3.05, 3.63) is 293 Å². The predicted octanol–water partition coefficient (Wildman–Crippen LogP) is 18.5. The Labute approximate surface area is 426 Å². The van der Waals surface area contributed by atoms with E-state index in [1.807, 2.05) is 23.1 Å². The molecule has 0 amide bonds. The van der Waals surface area contributed by atoms with Crippen LogP contribution in [0.3, 0.4) is 0 Å². The van der Waals surface area contributed by atoms with Gasteiger partial charge in [-0.05, 0) is 133 Å². The predicted molar refractivity (Wildman–Crippen MR) is 298 cm³/mol. The molecule has 0 N–H and O–H groups in total. The van der Waals surface area contributed by atoms with Gasteiger partial charge < -0.3 is 9.64 Å². The molecule has 0 bridgehead atoms. The van der Waals surface area contributed by atoms with E-state index in [0.717, 1.165) is 28.6 Å². The normalized spacial score (nSPS) is 14.4. The van der Waals surface area contributed by atoms with Crippen LogP contribution in [0.4, 0.5) is 17.1 Å². The highest BCUT2D eigenvalue weighted by Crippen LogP contribution is 2.65. The Balaban J connectivity index is 0.939. The minimum atomic E-state index is -0.554. The molecule has 0 radical (unpaired) electrons. The molecule has 2 aliphatic carbocycles. The van der Waals surface area contributed by atoms with Crippen LogP contribution in [0.25, 0.3) is 53.6 Å². The van der Waals surface area contributed by atoms with Crippen molar-refractivity contribution in [2.24, 2.45) is 0 Å². The van der Waals surface area contributed by atoms with Crippen molar-refractivity contribution in [3.63, 3.8) is 0 Å². The third kappa shape index (κ3) is 5.30. The lowest BCUT2D eigenvalue weighted by atomic mass is 9.66. The maximum absolute atomic E-state index is 6.69. The molecule has 336 valence electrons. The standard InChI is InChI=1S/C68H41NOS2/c1-4-21-53-47(16-1)49-38-36-45(41-60(49)68(53)58-25-8-13-30-64(58)71-65-31-14-9-26-59(65)68)69(43-34-32-42(33-35-43)46-19-15-20-51-50-18-3-12-29-63(50)72-66(46)51)44-37-39-55-52(40-44)48-17-2-5-22-54(48)67(55)56-23-6-10-27-61(56)70-62-28-11-7-24-57(62)67/h1-41H. The van der Waals surface area contributed by atoms with Gasteiger partial charge in [0.1, 0.15) is 11.5 Å². The van der Waals surface area contributed by atoms with Gasteiger partial charge in [-0.25, -0.2) is 0 Å². The summed E-state index contributed by atoms with van der Waals surface area (Å²) >= 11 is 3.77. The first kappa shape index (κ1) is 40.3. The molecule has 0 atom stereocenters. The van der Waals surface area contributed by atoms with Crippen LogP contribution in [0.2, 0.25) is 0 Å². The van der Waals surface area contributed by atoms with Gasteiger partial charge in [0.2, 0.25) is 0 Å². The molecule has 3 heterocycles. The second-order valence-electron chi connectivity index (χ2n) is 19.4. The summed E-state index contributed by atoms with van der Waals surface area (Å²) < 4.78 is 9.33. The molecule has 11 aromatic carbocycles. The average Bonchev–Trinajstić information content (AvgIpc) is 4.07. The summed E-state index contributed by atoms with van der Waals surface area (Å²) in [5, 5.41) is 2.62. The number of rotatable bonds is 4. The van der Waals surface area contributed by atoms with E-state index in [1.165, 1.54) is 108 Å². The number of nitrogens with zero attached hydrogens (tertiary/aromatic N) is 1. The molecule has 72 heavy (non-hydrogen) atoms. The molecule has 2 nitrogen and oxygen atoms in total. The van der Waals surface area contributed by atoms with Gasteiger partial charge in [-0.1, -0.05) is 194 Å². The Bertz CT molecular complexity index is 4170. The van der Waals surface area contributed by atoms with Crippen LogP contribution in [0, 0.1) is 0 Å². The van der Waals surface area contributed by atoms with Gasteiger partial charge >= 0.3 is 0 Å². The lowest BCUT2D eigenvalue weighted by Crippen LogP contribution is -2.32. The van der Waals surface area contributed by atoms with Crippen molar-refractivity contribution in [1.82, 2.24) is 0 Å². The number of hydrogen-bond donors (Lipinski definition) is 0. The monoisotopic (exact) mass is 951 g/mol. The summed E-state index contributed by atoms with van der Waals surface area (Å²) in [6.45, 7) is 0. The van der Waals surface area contributed by atoms with E-state index in [-0.39, 0.29) is 0 Å². The van der Waals surface area contributed by atoms with Crippen molar-refractivity contribution >= 4 is 60.3 Å². The Morgan fingerprint density at radius 2 is 0.806 bits per heavy atom. The van der Waals surface area contributed by atoms with Crippen LogP contribution in [-0.2, 0) is 10.8 Å². The summed E-state index contributed by atoms with van der Waals surface area (Å²) in [4.78, 5) is 5.09. The molecule has 0 saturated heterocycles. The van der Waals surface area contributed by atoms with Crippen molar-refractivity contribution < 1.29 is 4.74 Å². The molecule has 2 aliphatic heterocycles. The maximum Gasteiger partial charge on any atom is 0.132 e. The van der Waals surface area contributed by atoms with Gasteiger partial charge in [0.15, 0.2) is 0 Å². The van der Waals surface area contributed by atoms with E-state index in [0.29, 0.717) is 0 Å². The van der Waals surface area contributed by atoms with Crippen LogP contribution < -0.4 is 9.64 Å². The molecule has 4 aliphatic rings. The lowest BCUT2D eigenvalue weighted by molar-refractivity contribution is 0.436. The molecule has 0 fully saturated rings. The topological polar surface area (TPSA) is 12.5 Å². The van der Waals surface area contributed by atoms with Crippen molar-refractivity contribution in [2.75, 3.05) is 4.90 Å². The van der Waals surface area contributed by atoms with Crippen LogP contribution in [0.1, 0.15) is 44.5 Å². The summed E-state index contributed by atoms with van der Waals surface area (Å²) in [5.74, 6) is 1.79. The zero-order valence-electron chi connectivity index (χ0n) is 38.8. The Kier molecular flexibility index (Phi) is 8.43. The molecule has 4 heteroatoms. The highest BCUT2D eigenvalue weighted by Gasteiger charge is 2.52. The summed E-state index contributed by atoms with van der Waals surface area (Å²) in [7, 11) is 0. The fourth-order valence-corrected chi connectivity index (χ4v) is 15.6. The molecule has 2 spiro atoms. The van der Waals surface area contributed by atoms with Gasteiger partial charge in [-0.2, -0.15) is 0 Å². The number of fused-ring (bicyclic) bond motifs is 21. The first-order chi connectivity index (χ1) is 35.7. The Hall–Kier alpha value is -8.41. The smallest absolute Gasteiger partial charge is 0.132 e. The molecular formula is C68H41NOS2. The fraction of sp³-hybridized carbons (Fsp3) is 0.0294. The van der Waals surface area contributed by atoms with Crippen LogP contribution in [0.15, 0.2) is 259 Å². The zero-order chi connectivity index (χ0) is 47.1. The van der Waals surface area contributed by atoms with Gasteiger partial charge in [0.05, 0.1) is 10.8 Å². The molecule has 16 rings (SSSR count). The molecule has 0 saturated carbocycles. The molecular weight excluding hydrogens is 911 g/mol. The first-order valence-corrected chi connectivity index (χ1v) is 26.4. The average molecular weight is 952 g/mol. The Morgan fingerprint density at radius 3 is 1.51 bits per heavy atom. The van der Waals surface area contributed by atoms with Gasteiger partial charge in [0.25, 0.3) is 0 Å². The third-order valence-electron chi connectivity index (χ3n) is 16.0. The molecule has 12 aromatic rings. The maximum atomic E-state index is 6.69. The summed E-state index contributed by atoms with van der Waals surface area (Å²) in [6, 6.07) is 92.8. The number of hydrogen-bond acceptors (Lipinski definition) is 4. The number of thiophene rings is 1. The minimum Gasteiger partial charge on any atom is -0.457 e. The minimum absolute atomic E-state index is 0.508. The second-order valence-corrected chi connectivity index (χ2v) is 21.5. The van der Waals surface area contributed by atoms with Gasteiger partial charge in [-0.3, -0.25) is 0 Å². The van der Waals surface area contributed by atoms with Crippen molar-refractivity contribution in [3.8, 4) is 44.9 Å². The number of anilines is 3. The van der Waals surface area contributed by atoms with Crippen LogP contribution >= 0.6 is 23.1 Å². The summed E-state index contributed by atoms with van der Waals surface area (Å²) in [5.41, 5.74) is 19.9. The van der Waals surface area contributed by atoms with Crippen molar-refractivity contribution in [1.29, 1.82) is 0 Å². The molecule has 0 unspecified atom stereocenters. The van der Waals surface area contributed by atoms with E-state index in [9.17, 15) is 0 Å². The van der Waals surface area contributed by atoms with E-state index in [4.69, 9.17) is 4.74 Å². The van der Waals surface area contributed by atoms with E-state index in [1.54, 1.807) is 0 Å². The van der Waals surface area contributed by atoms with Crippen LogP contribution in [-0.4, -0.2) is 0 Å². The van der Waals surface area contributed by atoms with E-state index in [2.05, 4.69) is 254 Å². The summed E-state index contributed by atoms with van der Waals surface area (Å²) in [6.07, 6.45) is 0. The zero-order valence-corrected chi connectivity index (χ0v) is 40.5. The SMILES string of the molecule is c1ccc2c(c1)Oc1ccccc1C21c2ccccc2-c2cc(N(c3ccc(-c4cccc5c4sc4ccccc45)cc3)c3ccc4c(c3)C3(c5ccccc5Sc5ccccc53)c3ccccc3-4)ccc21. The highest BCUT2D eigenvalue weighted by atomic mass is 32.2. The number of para-hydroxylation sites is 2. The van der Waals surface area contributed by atoms with E-state index < -0.39 is 10.8 Å². The highest BCUT2D eigenvalue weighted by molar-refractivity contribution is 7.99. The first-order valence-electron chi connectivity index (χ1n) is 24.7. The lowest BCUT2D eigenvalue weighted by Gasteiger charge is -2.40. The fourth-order valence-electron chi connectivity index (χ4n) is 13.2. The van der Waals surface area contributed by atoms with Gasteiger partial charge in [0, 0.05) is 58.2 Å².